The number of benzene rings is 1. The summed E-state index contributed by atoms with van der Waals surface area (Å²) in [6, 6.07) is 7.32. The smallest absolute Gasteiger partial charge is 0.177 e. The molecule has 0 radical (unpaired) electrons. The molecule has 0 bridgehead atoms. The van der Waals surface area contributed by atoms with Crippen LogP contribution in [0.25, 0.3) is 0 Å². The average molecular weight is 201 g/mol. The lowest BCUT2D eigenvalue weighted by molar-refractivity contribution is -0.474. The summed E-state index contributed by atoms with van der Waals surface area (Å²) in [4.78, 5) is 10.3. The molecule has 1 rings (SSSR count). The topological polar surface area (TPSA) is 86.5 Å². The molecule has 0 aliphatic heterocycles. The van der Waals surface area contributed by atoms with Crippen LogP contribution < -0.4 is 4.41 Å². The van der Waals surface area contributed by atoms with Gasteiger partial charge in [-0.3, -0.25) is 0 Å². The Hall–Kier alpha value is -1.47. The predicted molar refractivity (Wildman–Crippen MR) is 44.8 cm³/mol. The Morgan fingerprint density at radius 2 is 1.85 bits per heavy atom. The molecule has 0 spiro atoms. The zero-order valence-corrected chi connectivity index (χ0v) is 7.14. The van der Waals surface area contributed by atoms with Crippen molar-refractivity contribution in [2.24, 2.45) is 0 Å². The van der Waals surface area contributed by atoms with Gasteiger partial charge < -0.3 is 4.55 Å². The number of para-hydroxylation sites is 1. The van der Waals surface area contributed by atoms with Gasteiger partial charge in [-0.05, 0) is 16.5 Å². The van der Waals surface area contributed by atoms with Gasteiger partial charge in [0.15, 0.2) is 5.03 Å². The third-order valence-electron chi connectivity index (χ3n) is 1.27. The van der Waals surface area contributed by atoms with Crippen molar-refractivity contribution in [3.05, 3.63) is 40.4 Å². The summed E-state index contributed by atoms with van der Waals surface area (Å²) in [5.74, 6) is 0. The standard InChI is InChI=1S/C6H6N2O4S/c9-8(10)7(13(11)12)6-4-2-1-3-5-6/h1-5H,(H,11,12)/p-1. The van der Waals surface area contributed by atoms with Crippen molar-refractivity contribution in [2.75, 3.05) is 4.41 Å². The van der Waals surface area contributed by atoms with Crippen LogP contribution in [0.4, 0.5) is 5.69 Å². The van der Waals surface area contributed by atoms with Crippen molar-refractivity contribution < 1.29 is 13.8 Å². The monoisotopic (exact) mass is 201 g/mol. The molecular weight excluding hydrogens is 196 g/mol. The lowest BCUT2D eigenvalue weighted by atomic mass is 10.3. The summed E-state index contributed by atoms with van der Waals surface area (Å²) in [5.41, 5.74) is 0.000772. The molecule has 0 aliphatic carbocycles. The van der Waals surface area contributed by atoms with Gasteiger partial charge >= 0.3 is 0 Å². The van der Waals surface area contributed by atoms with Crippen LogP contribution in [0.3, 0.4) is 0 Å². The number of hydrogen-bond donors (Lipinski definition) is 0. The van der Waals surface area contributed by atoms with Gasteiger partial charge in [0.25, 0.3) is 0 Å². The van der Waals surface area contributed by atoms with E-state index in [1.807, 2.05) is 0 Å². The van der Waals surface area contributed by atoms with E-state index in [9.17, 15) is 18.9 Å². The molecule has 0 aromatic heterocycles. The zero-order chi connectivity index (χ0) is 9.84. The van der Waals surface area contributed by atoms with Crippen LogP contribution >= 0.6 is 0 Å². The van der Waals surface area contributed by atoms with Gasteiger partial charge in [0.2, 0.25) is 0 Å². The maximum Gasteiger partial charge on any atom is 0.177 e. The Balaban J connectivity index is 3.03. The molecule has 1 atom stereocenters. The van der Waals surface area contributed by atoms with Gasteiger partial charge in [-0.25, -0.2) is 14.3 Å². The second-order valence-corrected chi connectivity index (χ2v) is 2.84. The lowest BCUT2D eigenvalue weighted by Gasteiger charge is -2.14. The first-order valence-electron chi connectivity index (χ1n) is 3.22. The second kappa shape index (κ2) is 3.97. The Labute approximate surface area is 76.3 Å². The van der Waals surface area contributed by atoms with E-state index < -0.39 is 16.3 Å². The summed E-state index contributed by atoms with van der Waals surface area (Å²) >= 11 is -2.90. The van der Waals surface area contributed by atoms with Gasteiger partial charge in [0.05, 0.1) is 0 Å². The molecule has 0 fully saturated rings. The van der Waals surface area contributed by atoms with Crippen LogP contribution in [0.15, 0.2) is 30.3 Å². The zero-order valence-electron chi connectivity index (χ0n) is 6.32. The summed E-state index contributed by atoms with van der Waals surface area (Å²) in [6.07, 6.45) is 0. The fourth-order valence-corrected chi connectivity index (χ4v) is 1.19. The van der Waals surface area contributed by atoms with Crippen LogP contribution in [-0.4, -0.2) is 13.8 Å². The van der Waals surface area contributed by atoms with E-state index >= 15 is 0 Å². The molecule has 0 amide bonds. The van der Waals surface area contributed by atoms with Crippen molar-refractivity contribution in [1.82, 2.24) is 0 Å². The highest BCUT2D eigenvalue weighted by Crippen LogP contribution is 2.13. The van der Waals surface area contributed by atoms with Crippen molar-refractivity contribution in [3.63, 3.8) is 0 Å². The number of rotatable bonds is 3. The SMILES string of the molecule is O=[N+]([O-])N(c1ccccc1)S(=O)[O-]. The predicted octanol–water partition coefficient (Wildman–Crippen LogP) is 0.479. The summed E-state index contributed by atoms with van der Waals surface area (Å²) in [7, 11) is 0. The Morgan fingerprint density at radius 1 is 1.31 bits per heavy atom. The highest BCUT2D eigenvalue weighted by Gasteiger charge is 2.17. The minimum Gasteiger partial charge on any atom is -0.751 e. The van der Waals surface area contributed by atoms with Crippen molar-refractivity contribution >= 4 is 17.0 Å². The van der Waals surface area contributed by atoms with Gasteiger partial charge in [-0.15, -0.1) is 0 Å². The molecule has 1 aromatic carbocycles. The van der Waals surface area contributed by atoms with Crippen molar-refractivity contribution in [1.29, 1.82) is 0 Å². The summed E-state index contributed by atoms with van der Waals surface area (Å²) in [5, 5.41) is 9.28. The van der Waals surface area contributed by atoms with Crippen LogP contribution in [-0.2, 0) is 11.3 Å². The van der Waals surface area contributed by atoms with Gasteiger partial charge in [0, 0.05) is 0 Å². The molecule has 7 heteroatoms. The van der Waals surface area contributed by atoms with Crippen LogP contribution in [0.1, 0.15) is 0 Å². The Bertz CT molecular complexity index is 315. The normalized spacial score (nSPS) is 12.1. The minimum atomic E-state index is -2.90. The van der Waals surface area contributed by atoms with Gasteiger partial charge in [-0.2, -0.15) is 0 Å². The van der Waals surface area contributed by atoms with E-state index in [-0.39, 0.29) is 10.1 Å². The lowest BCUT2D eigenvalue weighted by Crippen LogP contribution is -2.31. The van der Waals surface area contributed by atoms with Gasteiger partial charge in [-0.1, -0.05) is 18.2 Å². The maximum atomic E-state index is 10.4. The molecule has 6 nitrogen and oxygen atoms in total. The number of hydrogen-bond acceptors (Lipinski definition) is 4. The van der Waals surface area contributed by atoms with Crippen molar-refractivity contribution in [2.45, 2.75) is 0 Å². The highest BCUT2D eigenvalue weighted by molar-refractivity contribution is 7.80. The minimum absolute atomic E-state index is 0.000772. The Morgan fingerprint density at radius 3 is 2.23 bits per heavy atom. The van der Waals surface area contributed by atoms with E-state index in [4.69, 9.17) is 0 Å². The molecule has 0 saturated heterocycles. The second-order valence-electron chi connectivity index (χ2n) is 2.06. The third kappa shape index (κ3) is 2.23. The Kier molecular flexibility index (Phi) is 2.93. The number of nitrogens with zero attached hydrogens (tertiary/aromatic N) is 2. The van der Waals surface area contributed by atoms with Crippen molar-refractivity contribution in [3.8, 4) is 0 Å². The number of hydrazine groups is 1. The number of nitro groups is 1. The summed E-state index contributed by atoms with van der Waals surface area (Å²) in [6.45, 7) is 0. The quantitative estimate of drug-likeness (QED) is 0.404. The van der Waals surface area contributed by atoms with Crippen LogP contribution in [0, 0.1) is 10.1 Å². The van der Waals surface area contributed by atoms with Crippen LogP contribution in [0.5, 0.6) is 0 Å². The largest absolute Gasteiger partial charge is 0.751 e. The molecule has 0 heterocycles. The van der Waals surface area contributed by atoms with E-state index in [0.29, 0.717) is 0 Å². The molecule has 0 N–H and O–H groups in total. The number of anilines is 1. The fourth-order valence-electron chi connectivity index (χ4n) is 0.790. The molecular formula is C6H5N2O4S-. The molecule has 70 valence electrons. The third-order valence-corrected chi connectivity index (χ3v) is 1.89. The molecule has 0 aliphatic rings. The van der Waals surface area contributed by atoms with E-state index in [0.717, 1.165) is 0 Å². The summed E-state index contributed by atoms with van der Waals surface area (Å²) < 4.78 is 20.9. The molecule has 13 heavy (non-hydrogen) atoms. The van der Waals surface area contributed by atoms with E-state index in [2.05, 4.69) is 0 Å². The average Bonchev–Trinajstić information content (AvgIpc) is 2.04. The molecule has 1 unspecified atom stereocenters. The highest BCUT2D eigenvalue weighted by atomic mass is 32.2. The van der Waals surface area contributed by atoms with Crippen LogP contribution in [0.2, 0.25) is 0 Å². The molecule has 0 saturated carbocycles. The first-order valence-corrected chi connectivity index (χ1v) is 4.25. The fraction of sp³-hybridized carbons (Fsp3) is 0. The van der Waals surface area contributed by atoms with E-state index in [1.54, 1.807) is 6.07 Å². The van der Waals surface area contributed by atoms with Gasteiger partial charge in [0.1, 0.15) is 17.0 Å². The first kappa shape index (κ1) is 9.62. The maximum absolute atomic E-state index is 10.4. The molecule has 1 aromatic rings. The first-order chi connectivity index (χ1) is 6.13. The van der Waals surface area contributed by atoms with E-state index in [1.165, 1.54) is 24.3 Å².